The summed E-state index contributed by atoms with van der Waals surface area (Å²) in [4.78, 5) is 8.83. The van der Waals surface area contributed by atoms with Crippen LogP contribution in [0.4, 0.5) is 5.82 Å². The maximum Gasteiger partial charge on any atom is 0.240 e. The van der Waals surface area contributed by atoms with Gasteiger partial charge in [0.05, 0.1) is 19.1 Å². The van der Waals surface area contributed by atoms with E-state index in [1.165, 1.54) is 26.4 Å². The smallest absolute Gasteiger partial charge is 0.240 e. The molecule has 2 N–H and O–H groups in total. The van der Waals surface area contributed by atoms with E-state index in [2.05, 4.69) is 20.0 Å². The summed E-state index contributed by atoms with van der Waals surface area (Å²) in [5, 5.41) is 3.12. The lowest BCUT2D eigenvalue weighted by molar-refractivity contribution is 0.354. The zero-order chi connectivity index (χ0) is 20.9. The molecule has 0 atom stereocenters. The normalized spacial score (nSPS) is 11.3. The molecule has 0 aliphatic rings. The molecule has 3 rings (SSSR count). The minimum Gasteiger partial charge on any atom is -0.493 e. The molecular formula is C19H23N5O4S. The first-order chi connectivity index (χ1) is 13.9. The lowest BCUT2D eigenvalue weighted by atomic mass is 10.3. The first-order valence-electron chi connectivity index (χ1n) is 8.87. The number of hydrogen-bond acceptors (Lipinski definition) is 7. The van der Waals surface area contributed by atoms with Gasteiger partial charge in [-0.15, -0.1) is 0 Å². The monoisotopic (exact) mass is 417 g/mol. The summed E-state index contributed by atoms with van der Waals surface area (Å²) in [5.74, 6) is 2.78. The van der Waals surface area contributed by atoms with E-state index < -0.39 is 10.0 Å². The van der Waals surface area contributed by atoms with Crippen LogP contribution in [0.2, 0.25) is 0 Å². The summed E-state index contributed by atoms with van der Waals surface area (Å²) < 4.78 is 39.7. The molecule has 0 saturated heterocycles. The van der Waals surface area contributed by atoms with Crippen LogP contribution in [-0.2, 0) is 10.0 Å². The second kappa shape index (κ2) is 8.93. The first kappa shape index (κ1) is 20.6. The van der Waals surface area contributed by atoms with E-state index in [9.17, 15) is 8.42 Å². The van der Waals surface area contributed by atoms with Gasteiger partial charge in [-0.3, -0.25) is 0 Å². The Hall–Kier alpha value is -3.11. The summed E-state index contributed by atoms with van der Waals surface area (Å²) in [6.45, 7) is 2.34. The molecule has 0 aliphatic heterocycles. The Kier molecular flexibility index (Phi) is 6.35. The van der Waals surface area contributed by atoms with E-state index in [0.29, 0.717) is 29.7 Å². The number of benzene rings is 1. The van der Waals surface area contributed by atoms with Crippen molar-refractivity contribution in [1.82, 2.24) is 19.3 Å². The molecule has 2 aromatic heterocycles. The zero-order valence-corrected chi connectivity index (χ0v) is 17.2. The van der Waals surface area contributed by atoms with Gasteiger partial charge in [0.1, 0.15) is 17.5 Å². The number of anilines is 1. The number of aromatic nitrogens is 3. The van der Waals surface area contributed by atoms with Gasteiger partial charge in [0.15, 0.2) is 11.5 Å². The molecule has 10 heteroatoms. The fourth-order valence-corrected chi connectivity index (χ4v) is 3.75. The van der Waals surface area contributed by atoms with Crippen LogP contribution in [0.3, 0.4) is 0 Å². The number of aryl methyl sites for hydroxylation is 1. The summed E-state index contributed by atoms with van der Waals surface area (Å²) in [7, 11) is -0.738. The third kappa shape index (κ3) is 5.04. The number of ether oxygens (including phenoxy) is 2. The summed E-state index contributed by atoms with van der Waals surface area (Å²) >= 11 is 0. The number of nitrogens with one attached hydrogen (secondary N) is 2. The first-order valence-corrected chi connectivity index (χ1v) is 10.4. The highest BCUT2D eigenvalue weighted by Gasteiger charge is 2.16. The van der Waals surface area contributed by atoms with Crippen LogP contribution in [-0.4, -0.2) is 50.3 Å². The van der Waals surface area contributed by atoms with Crippen molar-refractivity contribution in [2.45, 2.75) is 11.8 Å². The van der Waals surface area contributed by atoms with Crippen molar-refractivity contribution in [1.29, 1.82) is 0 Å². The van der Waals surface area contributed by atoms with Crippen molar-refractivity contribution >= 4 is 15.8 Å². The fraction of sp³-hybridized carbons (Fsp3) is 0.263. The average Bonchev–Trinajstić information content (AvgIpc) is 3.25. The van der Waals surface area contributed by atoms with E-state index >= 15 is 0 Å². The Bertz CT molecular complexity index is 1070. The number of methoxy groups -OCH3 is 2. The van der Waals surface area contributed by atoms with Crippen LogP contribution in [0.5, 0.6) is 11.5 Å². The number of sulfonamides is 1. The topological polar surface area (TPSA) is 107 Å². The minimum atomic E-state index is -3.69. The van der Waals surface area contributed by atoms with Gasteiger partial charge in [0, 0.05) is 37.6 Å². The predicted molar refractivity (Wildman–Crippen MR) is 109 cm³/mol. The van der Waals surface area contributed by atoms with Gasteiger partial charge >= 0.3 is 0 Å². The van der Waals surface area contributed by atoms with Crippen LogP contribution in [0, 0.1) is 6.92 Å². The standard InChI is InChI=1S/C19H23N5O4S/c1-14-22-18(13-19(23-14)24-10-4-5-11-24)20-8-9-21-29(25,26)15-6-7-16(27-2)17(12-15)28-3/h4-7,10-13,21H,8-9H2,1-3H3,(H,20,22,23). The van der Waals surface area contributed by atoms with Crippen molar-refractivity contribution in [3.8, 4) is 17.3 Å². The molecule has 0 bridgehead atoms. The van der Waals surface area contributed by atoms with Gasteiger partial charge in [-0.1, -0.05) is 0 Å². The van der Waals surface area contributed by atoms with Crippen molar-refractivity contribution in [2.75, 3.05) is 32.6 Å². The van der Waals surface area contributed by atoms with Crippen LogP contribution >= 0.6 is 0 Å². The number of nitrogens with zero attached hydrogens (tertiary/aromatic N) is 3. The van der Waals surface area contributed by atoms with Crippen molar-refractivity contribution in [2.24, 2.45) is 0 Å². The predicted octanol–water partition coefficient (Wildman–Crippen LogP) is 1.98. The quantitative estimate of drug-likeness (QED) is 0.513. The Morgan fingerprint density at radius 1 is 1.00 bits per heavy atom. The van der Waals surface area contributed by atoms with Crippen LogP contribution in [0.25, 0.3) is 5.82 Å². The van der Waals surface area contributed by atoms with E-state index in [0.717, 1.165) is 5.82 Å². The molecule has 1 aromatic carbocycles. The SMILES string of the molecule is COc1ccc(S(=O)(=O)NCCNc2cc(-n3cccc3)nc(C)n2)cc1OC. The molecule has 3 aromatic rings. The summed E-state index contributed by atoms with van der Waals surface area (Å²) in [5.41, 5.74) is 0. The van der Waals surface area contributed by atoms with Crippen LogP contribution in [0.15, 0.2) is 53.7 Å². The molecule has 0 fully saturated rings. The van der Waals surface area contributed by atoms with Gasteiger partial charge < -0.3 is 19.4 Å². The Morgan fingerprint density at radius 3 is 2.41 bits per heavy atom. The highest BCUT2D eigenvalue weighted by molar-refractivity contribution is 7.89. The molecule has 0 unspecified atom stereocenters. The van der Waals surface area contributed by atoms with Gasteiger partial charge in [-0.2, -0.15) is 0 Å². The molecule has 0 saturated carbocycles. The van der Waals surface area contributed by atoms with Gasteiger partial charge in [0.2, 0.25) is 10.0 Å². The Morgan fingerprint density at radius 2 is 1.72 bits per heavy atom. The second-order valence-corrected chi connectivity index (χ2v) is 7.86. The van der Waals surface area contributed by atoms with Crippen molar-refractivity contribution in [3.05, 3.63) is 54.6 Å². The Balaban J connectivity index is 1.62. The lowest BCUT2D eigenvalue weighted by Gasteiger charge is -2.12. The molecular weight excluding hydrogens is 394 g/mol. The highest BCUT2D eigenvalue weighted by Crippen LogP contribution is 2.29. The maximum atomic E-state index is 12.5. The van der Waals surface area contributed by atoms with E-state index in [1.807, 2.05) is 29.1 Å². The fourth-order valence-electron chi connectivity index (χ4n) is 2.71. The van der Waals surface area contributed by atoms with Crippen molar-refractivity contribution in [3.63, 3.8) is 0 Å². The average molecular weight is 417 g/mol. The summed E-state index contributed by atoms with van der Waals surface area (Å²) in [6.07, 6.45) is 3.78. The molecule has 0 radical (unpaired) electrons. The third-order valence-electron chi connectivity index (χ3n) is 4.08. The van der Waals surface area contributed by atoms with E-state index in [-0.39, 0.29) is 11.4 Å². The van der Waals surface area contributed by atoms with E-state index in [1.54, 1.807) is 19.1 Å². The van der Waals surface area contributed by atoms with Crippen LogP contribution in [0.1, 0.15) is 5.82 Å². The van der Waals surface area contributed by atoms with Crippen molar-refractivity contribution < 1.29 is 17.9 Å². The van der Waals surface area contributed by atoms with E-state index in [4.69, 9.17) is 9.47 Å². The lowest BCUT2D eigenvalue weighted by Crippen LogP contribution is -2.29. The molecule has 0 aliphatic carbocycles. The number of hydrogen-bond donors (Lipinski definition) is 2. The third-order valence-corrected chi connectivity index (χ3v) is 5.54. The van der Waals surface area contributed by atoms with Gasteiger partial charge in [-0.05, 0) is 31.2 Å². The molecule has 0 amide bonds. The molecule has 29 heavy (non-hydrogen) atoms. The highest BCUT2D eigenvalue weighted by atomic mass is 32.2. The van der Waals surface area contributed by atoms with Gasteiger partial charge in [0.25, 0.3) is 0 Å². The zero-order valence-electron chi connectivity index (χ0n) is 16.4. The molecule has 2 heterocycles. The maximum absolute atomic E-state index is 12.5. The molecule has 0 spiro atoms. The molecule has 154 valence electrons. The second-order valence-electron chi connectivity index (χ2n) is 6.09. The molecule has 9 nitrogen and oxygen atoms in total. The van der Waals surface area contributed by atoms with Gasteiger partial charge in [-0.25, -0.2) is 23.1 Å². The number of rotatable bonds is 9. The van der Waals surface area contributed by atoms with Crippen LogP contribution < -0.4 is 19.5 Å². The largest absolute Gasteiger partial charge is 0.493 e. The Labute approximate surface area is 169 Å². The summed E-state index contributed by atoms with van der Waals surface area (Å²) in [6, 6.07) is 10.1. The minimum absolute atomic E-state index is 0.0999.